The topological polar surface area (TPSA) is 12.9 Å². The fraction of sp³-hybridized carbons (Fsp3) is 0. The van der Waals surface area contributed by atoms with Gasteiger partial charge in [-0.3, -0.25) is 0 Å². The molecule has 6 rings (SSSR count). The maximum atomic E-state index is 6.15. The maximum Gasteiger partial charge on any atom is 0.113 e. The van der Waals surface area contributed by atoms with Crippen LogP contribution in [0.1, 0.15) is 0 Å². The first-order valence-electron chi connectivity index (χ1n) is 9.78. The van der Waals surface area contributed by atoms with Gasteiger partial charge in [0.25, 0.3) is 0 Å². The molecule has 0 saturated carbocycles. The van der Waals surface area contributed by atoms with E-state index in [1.807, 2.05) is 12.1 Å². The van der Waals surface area contributed by atoms with Crippen LogP contribution >= 0.6 is 0 Å². The summed E-state index contributed by atoms with van der Waals surface area (Å²) in [6, 6.07) is 33.8. The Morgan fingerprint density at radius 3 is 1.69 bits per heavy atom. The molecule has 0 amide bonds. The third kappa shape index (κ3) is 2.46. The summed E-state index contributed by atoms with van der Waals surface area (Å²) < 4.78 is 0. The van der Waals surface area contributed by atoms with E-state index in [2.05, 4.69) is 84.9 Å². The average Bonchev–Trinajstić information content (AvgIpc) is 2.77. The molecule has 1 aromatic heterocycles. The normalized spacial score (nSPS) is 11.6. The van der Waals surface area contributed by atoms with E-state index in [4.69, 9.17) is 12.8 Å². The molecular formula is C27H16BN. The molecule has 1 heterocycles. The van der Waals surface area contributed by atoms with Gasteiger partial charge in [-0.15, -0.1) is 0 Å². The Morgan fingerprint density at radius 1 is 0.517 bits per heavy atom. The summed E-state index contributed by atoms with van der Waals surface area (Å²) in [5, 5.41) is 7.04. The van der Waals surface area contributed by atoms with E-state index in [1.165, 1.54) is 27.1 Å². The lowest BCUT2D eigenvalue weighted by Gasteiger charge is -2.15. The third-order valence-corrected chi connectivity index (χ3v) is 5.74. The summed E-state index contributed by atoms with van der Waals surface area (Å²) >= 11 is 0. The van der Waals surface area contributed by atoms with Crippen LogP contribution in [0.15, 0.2) is 97.1 Å². The van der Waals surface area contributed by atoms with Gasteiger partial charge >= 0.3 is 0 Å². The van der Waals surface area contributed by atoms with Crippen molar-refractivity contribution in [3.63, 3.8) is 0 Å². The van der Waals surface area contributed by atoms with E-state index in [1.54, 1.807) is 0 Å². The molecule has 1 nitrogen and oxygen atoms in total. The maximum absolute atomic E-state index is 6.15. The second-order valence-electron chi connectivity index (χ2n) is 7.48. The highest BCUT2D eigenvalue weighted by Crippen LogP contribution is 2.39. The molecule has 0 spiro atoms. The number of hydrogen-bond acceptors (Lipinski definition) is 1. The summed E-state index contributed by atoms with van der Waals surface area (Å²) in [4.78, 5) is 5.21. The van der Waals surface area contributed by atoms with Crippen LogP contribution < -0.4 is 5.46 Å². The minimum atomic E-state index is 0.766. The summed E-state index contributed by atoms with van der Waals surface area (Å²) in [6.45, 7) is 0. The van der Waals surface area contributed by atoms with Gasteiger partial charge in [-0.25, -0.2) is 4.98 Å². The Labute approximate surface area is 170 Å². The van der Waals surface area contributed by atoms with Gasteiger partial charge in [-0.05, 0) is 16.3 Å². The van der Waals surface area contributed by atoms with Crippen molar-refractivity contribution in [2.75, 3.05) is 0 Å². The Balaban J connectivity index is 1.91. The molecule has 0 saturated heterocycles. The zero-order valence-electron chi connectivity index (χ0n) is 15.8. The van der Waals surface area contributed by atoms with Gasteiger partial charge in [0.1, 0.15) is 7.85 Å². The number of fused-ring (bicyclic) bond motifs is 6. The highest BCUT2D eigenvalue weighted by atomic mass is 14.7. The molecule has 0 fully saturated rings. The number of aromatic nitrogens is 1. The largest absolute Gasteiger partial charge is 0.246 e. The van der Waals surface area contributed by atoms with Crippen molar-refractivity contribution in [1.82, 2.24) is 4.98 Å². The van der Waals surface area contributed by atoms with Gasteiger partial charge in [-0.1, -0.05) is 103 Å². The van der Waals surface area contributed by atoms with E-state index in [-0.39, 0.29) is 0 Å². The molecule has 0 atom stereocenters. The molecule has 2 heteroatoms. The van der Waals surface area contributed by atoms with Crippen molar-refractivity contribution in [2.45, 2.75) is 0 Å². The van der Waals surface area contributed by atoms with Crippen molar-refractivity contribution in [2.24, 2.45) is 0 Å². The Bertz CT molecular complexity index is 1470. The van der Waals surface area contributed by atoms with Crippen molar-refractivity contribution in [1.29, 1.82) is 0 Å². The van der Waals surface area contributed by atoms with E-state index < -0.39 is 0 Å². The second-order valence-corrected chi connectivity index (χ2v) is 7.48. The summed E-state index contributed by atoms with van der Waals surface area (Å²) in [5.74, 6) is 0. The molecule has 132 valence electrons. The minimum absolute atomic E-state index is 0.766. The molecule has 0 unspecified atom stereocenters. The van der Waals surface area contributed by atoms with Crippen LogP contribution in [0, 0.1) is 0 Å². The zero-order valence-corrected chi connectivity index (χ0v) is 15.8. The highest BCUT2D eigenvalue weighted by molar-refractivity contribution is 6.33. The zero-order chi connectivity index (χ0) is 19.4. The van der Waals surface area contributed by atoms with E-state index >= 15 is 0 Å². The van der Waals surface area contributed by atoms with Crippen LogP contribution in [0.25, 0.3) is 54.5 Å². The predicted molar refractivity (Wildman–Crippen MR) is 125 cm³/mol. The van der Waals surface area contributed by atoms with Crippen LogP contribution in [-0.4, -0.2) is 12.8 Å². The van der Waals surface area contributed by atoms with E-state index in [9.17, 15) is 0 Å². The molecule has 0 aliphatic heterocycles. The molecular weight excluding hydrogens is 349 g/mol. The molecule has 2 radical (unpaired) electrons. The van der Waals surface area contributed by atoms with Crippen molar-refractivity contribution in [3.05, 3.63) is 97.1 Å². The van der Waals surface area contributed by atoms with Crippen LogP contribution in [0.4, 0.5) is 0 Å². The van der Waals surface area contributed by atoms with Gasteiger partial charge in [-0.2, -0.15) is 0 Å². The molecule has 0 aliphatic carbocycles. The summed E-state index contributed by atoms with van der Waals surface area (Å²) in [5.41, 5.74) is 5.14. The number of rotatable bonds is 1. The lowest BCUT2D eigenvalue weighted by molar-refractivity contribution is 1.53. The van der Waals surface area contributed by atoms with Gasteiger partial charge in [0, 0.05) is 27.1 Å². The number of nitrogens with zero attached hydrogens (tertiary/aromatic N) is 1. The molecule has 29 heavy (non-hydrogen) atoms. The van der Waals surface area contributed by atoms with Gasteiger partial charge < -0.3 is 0 Å². The Kier molecular flexibility index (Phi) is 3.48. The van der Waals surface area contributed by atoms with Crippen LogP contribution in [0.5, 0.6) is 0 Å². The lowest BCUT2D eigenvalue weighted by Crippen LogP contribution is -2.01. The first-order valence-corrected chi connectivity index (χ1v) is 9.78. The highest BCUT2D eigenvalue weighted by Gasteiger charge is 2.15. The summed E-state index contributed by atoms with van der Waals surface area (Å²) in [7, 11) is 6.15. The average molecular weight is 365 g/mol. The smallest absolute Gasteiger partial charge is 0.113 e. The minimum Gasteiger partial charge on any atom is -0.246 e. The van der Waals surface area contributed by atoms with Crippen molar-refractivity contribution in [3.8, 4) is 11.1 Å². The van der Waals surface area contributed by atoms with Crippen LogP contribution in [-0.2, 0) is 0 Å². The first kappa shape index (κ1) is 16.3. The van der Waals surface area contributed by atoms with Crippen molar-refractivity contribution < 1.29 is 0 Å². The Morgan fingerprint density at radius 2 is 1.10 bits per heavy atom. The van der Waals surface area contributed by atoms with Crippen molar-refractivity contribution >= 4 is 56.7 Å². The monoisotopic (exact) mass is 365 g/mol. The molecule has 0 aliphatic rings. The molecule has 6 aromatic rings. The molecule has 5 aromatic carbocycles. The quantitative estimate of drug-likeness (QED) is 0.193. The SMILES string of the molecule is [B]c1cccc(-c2c3ccc4ccccc4c3nc3c2ccc2ccccc23)c1. The molecule has 0 bridgehead atoms. The van der Waals surface area contributed by atoms with Crippen LogP contribution in [0.3, 0.4) is 0 Å². The fourth-order valence-electron chi connectivity index (χ4n) is 4.42. The summed E-state index contributed by atoms with van der Waals surface area (Å²) in [6.07, 6.45) is 0. The van der Waals surface area contributed by atoms with Crippen LogP contribution in [0.2, 0.25) is 0 Å². The predicted octanol–water partition coefficient (Wildman–Crippen LogP) is 6.16. The number of benzene rings is 5. The number of hydrogen-bond donors (Lipinski definition) is 0. The molecule has 0 N–H and O–H groups in total. The second kappa shape index (κ2) is 6.18. The third-order valence-electron chi connectivity index (χ3n) is 5.74. The number of pyridine rings is 1. The van der Waals surface area contributed by atoms with E-state index in [0.29, 0.717) is 0 Å². The van der Waals surface area contributed by atoms with Gasteiger partial charge in [0.15, 0.2) is 0 Å². The Hall–Kier alpha value is -3.65. The lowest BCUT2D eigenvalue weighted by atomic mass is 9.88. The van der Waals surface area contributed by atoms with E-state index in [0.717, 1.165) is 32.8 Å². The van der Waals surface area contributed by atoms with Gasteiger partial charge in [0.05, 0.1) is 11.0 Å². The first-order chi connectivity index (χ1) is 14.3. The van der Waals surface area contributed by atoms with Gasteiger partial charge in [0.2, 0.25) is 0 Å². The fourth-order valence-corrected chi connectivity index (χ4v) is 4.42. The standard InChI is InChI=1S/C27H16BN/c28-20-9-5-8-19(16-20)25-23-14-12-17-6-1-3-10-21(17)26(23)29-27-22-11-4-2-7-18(22)13-15-24(25)27/h1-16H.